The topological polar surface area (TPSA) is 66.4 Å². The monoisotopic (exact) mass is 260 g/mol. The molecule has 1 aromatic heterocycles. The molecule has 0 N–H and O–H groups in total. The van der Waals surface area contributed by atoms with E-state index >= 15 is 0 Å². The highest BCUT2D eigenvalue weighted by atomic mass is 16.2. The zero-order valence-corrected chi connectivity index (χ0v) is 10.7. The molecule has 2 saturated heterocycles. The molecule has 0 aromatic carbocycles. The average molecular weight is 260 g/mol. The zero-order chi connectivity index (χ0) is 13.2. The van der Waals surface area contributed by atoms with Gasteiger partial charge in [0.05, 0.1) is 12.2 Å². The molecule has 6 nitrogen and oxygen atoms in total. The normalized spacial score (nSPS) is 23.5. The predicted molar refractivity (Wildman–Crippen MR) is 66.8 cm³/mol. The predicted octanol–water partition coefficient (Wildman–Crippen LogP) is 0.200. The molecule has 100 valence electrons. The number of carbonyl (C=O) groups excluding carboxylic acids is 2. The first-order valence-electron chi connectivity index (χ1n) is 6.59. The Hall–Kier alpha value is -1.98. The number of fused-ring (bicyclic) bond motifs is 1. The van der Waals surface area contributed by atoms with Crippen LogP contribution in [0.2, 0.25) is 0 Å². The van der Waals surface area contributed by atoms with Gasteiger partial charge in [-0.25, -0.2) is 9.97 Å². The second-order valence-corrected chi connectivity index (χ2v) is 4.99. The van der Waals surface area contributed by atoms with E-state index in [-0.39, 0.29) is 24.4 Å². The van der Waals surface area contributed by atoms with Crippen molar-refractivity contribution in [2.24, 2.45) is 0 Å². The Morgan fingerprint density at radius 3 is 3.00 bits per heavy atom. The minimum Gasteiger partial charge on any atom is -0.329 e. The van der Waals surface area contributed by atoms with Crippen LogP contribution in [0.25, 0.3) is 0 Å². The molecule has 6 heteroatoms. The lowest BCUT2D eigenvalue weighted by Crippen LogP contribution is -2.60. The van der Waals surface area contributed by atoms with E-state index in [4.69, 9.17) is 0 Å². The van der Waals surface area contributed by atoms with Crippen molar-refractivity contribution in [2.75, 3.05) is 13.1 Å². The number of piperidine rings is 1. The molecule has 2 aliphatic rings. The Kier molecular flexibility index (Phi) is 3.15. The highest BCUT2D eigenvalue weighted by Crippen LogP contribution is 2.23. The van der Waals surface area contributed by atoms with E-state index in [2.05, 4.69) is 9.97 Å². The largest absolute Gasteiger partial charge is 0.329 e. The van der Waals surface area contributed by atoms with Gasteiger partial charge >= 0.3 is 0 Å². The maximum atomic E-state index is 12.4. The highest BCUT2D eigenvalue weighted by Gasteiger charge is 2.40. The van der Waals surface area contributed by atoms with Crippen LogP contribution in [-0.2, 0) is 16.1 Å². The molecule has 0 aliphatic carbocycles. The van der Waals surface area contributed by atoms with Gasteiger partial charge in [0.2, 0.25) is 11.8 Å². The average Bonchev–Trinajstić information content (AvgIpc) is 2.46. The van der Waals surface area contributed by atoms with Crippen LogP contribution in [0.3, 0.4) is 0 Å². The summed E-state index contributed by atoms with van der Waals surface area (Å²) in [5.74, 6) is 0.108. The molecule has 3 rings (SSSR count). The number of hydrogen-bond donors (Lipinski definition) is 0. The Bertz CT molecular complexity index is 491. The lowest BCUT2D eigenvalue weighted by molar-refractivity contribution is -0.158. The third-order valence-electron chi connectivity index (χ3n) is 3.74. The standard InChI is InChI=1S/C13H16N4O2/c18-12-8-16(7-10-4-5-14-9-15-10)13(19)11-3-1-2-6-17(11)12/h4-5,9,11H,1-3,6-8H2. The maximum absolute atomic E-state index is 12.4. The lowest BCUT2D eigenvalue weighted by atomic mass is 9.98. The van der Waals surface area contributed by atoms with Crippen LogP contribution in [0.1, 0.15) is 25.0 Å². The fourth-order valence-electron chi connectivity index (χ4n) is 2.77. The van der Waals surface area contributed by atoms with E-state index in [9.17, 15) is 9.59 Å². The Morgan fingerprint density at radius 2 is 2.21 bits per heavy atom. The van der Waals surface area contributed by atoms with Gasteiger partial charge in [0.15, 0.2) is 0 Å². The van der Waals surface area contributed by atoms with E-state index in [0.29, 0.717) is 6.54 Å². The molecule has 1 aromatic rings. The number of amides is 2. The van der Waals surface area contributed by atoms with Gasteiger partial charge in [-0.15, -0.1) is 0 Å². The quantitative estimate of drug-likeness (QED) is 0.762. The van der Waals surface area contributed by atoms with Crippen LogP contribution < -0.4 is 0 Å². The molecule has 0 saturated carbocycles. The Balaban J connectivity index is 1.76. The number of rotatable bonds is 2. The minimum absolute atomic E-state index is 0.0536. The number of aromatic nitrogens is 2. The number of piperazine rings is 1. The molecular weight excluding hydrogens is 244 g/mol. The molecule has 2 aliphatic heterocycles. The van der Waals surface area contributed by atoms with E-state index < -0.39 is 0 Å². The smallest absolute Gasteiger partial charge is 0.246 e. The fraction of sp³-hybridized carbons (Fsp3) is 0.538. The number of carbonyl (C=O) groups is 2. The molecule has 0 bridgehead atoms. The van der Waals surface area contributed by atoms with Crippen molar-refractivity contribution in [3.05, 3.63) is 24.3 Å². The van der Waals surface area contributed by atoms with Gasteiger partial charge in [0, 0.05) is 12.7 Å². The summed E-state index contributed by atoms with van der Waals surface area (Å²) < 4.78 is 0. The zero-order valence-electron chi connectivity index (χ0n) is 10.7. The summed E-state index contributed by atoms with van der Waals surface area (Å²) in [6, 6.07) is 1.52. The van der Waals surface area contributed by atoms with Crippen molar-refractivity contribution >= 4 is 11.8 Å². The first-order chi connectivity index (χ1) is 9.25. The Labute approximate surface area is 111 Å². The molecule has 3 heterocycles. The van der Waals surface area contributed by atoms with Gasteiger partial charge in [-0.2, -0.15) is 0 Å². The van der Waals surface area contributed by atoms with E-state index in [1.807, 2.05) is 0 Å². The maximum Gasteiger partial charge on any atom is 0.246 e. The van der Waals surface area contributed by atoms with Gasteiger partial charge in [0.25, 0.3) is 0 Å². The van der Waals surface area contributed by atoms with Crippen LogP contribution in [0, 0.1) is 0 Å². The van der Waals surface area contributed by atoms with Crippen LogP contribution in [0.15, 0.2) is 18.6 Å². The molecule has 1 unspecified atom stereocenters. The third kappa shape index (κ3) is 2.30. The van der Waals surface area contributed by atoms with E-state index in [1.54, 1.807) is 22.1 Å². The summed E-state index contributed by atoms with van der Waals surface area (Å²) in [6.45, 7) is 1.27. The van der Waals surface area contributed by atoms with Crippen LogP contribution in [-0.4, -0.2) is 50.7 Å². The van der Waals surface area contributed by atoms with Crippen molar-refractivity contribution < 1.29 is 9.59 Å². The molecule has 0 radical (unpaired) electrons. The first kappa shape index (κ1) is 12.1. The SMILES string of the molecule is O=C1C2CCCCN2C(=O)CN1Cc1ccncn1. The Morgan fingerprint density at radius 1 is 1.32 bits per heavy atom. The second-order valence-electron chi connectivity index (χ2n) is 4.99. The van der Waals surface area contributed by atoms with E-state index in [0.717, 1.165) is 31.5 Å². The van der Waals surface area contributed by atoms with Crippen LogP contribution in [0.4, 0.5) is 0 Å². The summed E-state index contributed by atoms with van der Waals surface area (Å²) in [4.78, 5) is 35.8. The van der Waals surface area contributed by atoms with Gasteiger partial charge in [-0.1, -0.05) is 0 Å². The van der Waals surface area contributed by atoms with Crippen molar-refractivity contribution in [3.8, 4) is 0 Å². The van der Waals surface area contributed by atoms with Crippen molar-refractivity contribution in [2.45, 2.75) is 31.8 Å². The molecule has 2 amide bonds. The highest BCUT2D eigenvalue weighted by molar-refractivity contribution is 5.95. The molecule has 1 atom stereocenters. The summed E-state index contributed by atoms with van der Waals surface area (Å²) in [5, 5.41) is 0. The van der Waals surface area contributed by atoms with Gasteiger partial charge < -0.3 is 9.80 Å². The van der Waals surface area contributed by atoms with Gasteiger partial charge in [-0.05, 0) is 25.3 Å². The summed E-state index contributed by atoms with van der Waals surface area (Å²) in [7, 11) is 0. The summed E-state index contributed by atoms with van der Waals surface area (Å²) >= 11 is 0. The number of hydrogen-bond acceptors (Lipinski definition) is 4. The molecular formula is C13H16N4O2. The molecule has 19 heavy (non-hydrogen) atoms. The van der Waals surface area contributed by atoms with Crippen molar-refractivity contribution in [1.29, 1.82) is 0 Å². The van der Waals surface area contributed by atoms with Gasteiger partial charge in [-0.3, -0.25) is 9.59 Å². The lowest BCUT2D eigenvalue weighted by Gasteiger charge is -2.42. The molecule has 0 spiro atoms. The van der Waals surface area contributed by atoms with Gasteiger partial charge in [0.1, 0.15) is 18.9 Å². The van der Waals surface area contributed by atoms with E-state index in [1.165, 1.54) is 6.33 Å². The third-order valence-corrected chi connectivity index (χ3v) is 3.74. The molecule has 2 fully saturated rings. The van der Waals surface area contributed by atoms with Crippen LogP contribution >= 0.6 is 0 Å². The number of nitrogens with zero attached hydrogens (tertiary/aromatic N) is 4. The summed E-state index contributed by atoms with van der Waals surface area (Å²) in [6.07, 6.45) is 5.90. The van der Waals surface area contributed by atoms with Crippen molar-refractivity contribution in [1.82, 2.24) is 19.8 Å². The van der Waals surface area contributed by atoms with Crippen molar-refractivity contribution in [3.63, 3.8) is 0 Å². The fourth-order valence-corrected chi connectivity index (χ4v) is 2.77. The van der Waals surface area contributed by atoms with Crippen LogP contribution in [0.5, 0.6) is 0 Å². The second kappa shape index (κ2) is 4.95. The summed E-state index contributed by atoms with van der Waals surface area (Å²) in [5.41, 5.74) is 0.764. The first-order valence-corrected chi connectivity index (χ1v) is 6.59. The minimum atomic E-state index is -0.253.